The number of aromatic nitrogens is 1. The highest BCUT2D eigenvalue weighted by Crippen LogP contribution is 2.07. The monoisotopic (exact) mass is 137 g/mol. The van der Waals surface area contributed by atoms with Crippen molar-refractivity contribution >= 4 is 5.82 Å². The van der Waals surface area contributed by atoms with Crippen molar-refractivity contribution in [3.63, 3.8) is 0 Å². The van der Waals surface area contributed by atoms with E-state index in [1.54, 1.807) is 12.3 Å². The van der Waals surface area contributed by atoms with E-state index in [-0.39, 0.29) is 6.04 Å². The molecule has 0 aliphatic carbocycles. The molecule has 0 fully saturated rings. The summed E-state index contributed by atoms with van der Waals surface area (Å²) in [6.45, 7) is 1.91. The van der Waals surface area contributed by atoms with Crippen LogP contribution in [0.4, 0.5) is 5.82 Å². The van der Waals surface area contributed by atoms with Gasteiger partial charge in [0.15, 0.2) is 0 Å². The topological polar surface area (TPSA) is 64.9 Å². The van der Waals surface area contributed by atoms with Crippen LogP contribution >= 0.6 is 0 Å². The maximum Gasteiger partial charge on any atom is 0.123 e. The molecule has 0 bridgehead atoms. The molecule has 4 N–H and O–H groups in total. The van der Waals surface area contributed by atoms with Crippen molar-refractivity contribution in [3.8, 4) is 0 Å². The largest absolute Gasteiger partial charge is 0.384 e. The van der Waals surface area contributed by atoms with Crippen LogP contribution in [0.3, 0.4) is 0 Å². The standard InChI is InChI=1S/C7H11N3/c1-5(8)6-2-3-7(9)10-4-6/h2-5H,8H2,1H3,(H2,9,10). The van der Waals surface area contributed by atoms with Gasteiger partial charge in [-0.05, 0) is 18.6 Å². The predicted octanol–water partition coefficient (Wildman–Crippen LogP) is 0.684. The quantitative estimate of drug-likeness (QED) is 0.598. The Labute approximate surface area is 60.1 Å². The Bertz CT molecular complexity index is 203. The Kier molecular flexibility index (Phi) is 1.87. The van der Waals surface area contributed by atoms with Crippen molar-refractivity contribution in [2.75, 3.05) is 5.73 Å². The number of nitrogens with two attached hydrogens (primary N) is 2. The first-order chi connectivity index (χ1) is 4.70. The number of hydrogen-bond donors (Lipinski definition) is 2. The molecule has 0 saturated carbocycles. The summed E-state index contributed by atoms with van der Waals surface area (Å²) in [7, 11) is 0. The summed E-state index contributed by atoms with van der Waals surface area (Å²) in [6.07, 6.45) is 1.69. The number of rotatable bonds is 1. The summed E-state index contributed by atoms with van der Waals surface area (Å²) in [6, 6.07) is 3.67. The number of hydrogen-bond acceptors (Lipinski definition) is 3. The third kappa shape index (κ3) is 1.45. The lowest BCUT2D eigenvalue weighted by atomic mass is 10.2. The molecule has 1 aromatic rings. The zero-order chi connectivity index (χ0) is 7.56. The van der Waals surface area contributed by atoms with Gasteiger partial charge >= 0.3 is 0 Å². The molecule has 3 nitrogen and oxygen atoms in total. The van der Waals surface area contributed by atoms with Gasteiger partial charge in [0.05, 0.1) is 0 Å². The Morgan fingerprint density at radius 3 is 2.60 bits per heavy atom. The van der Waals surface area contributed by atoms with Gasteiger partial charge in [-0.2, -0.15) is 0 Å². The summed E-state index contributed by atoms with van der Waals surface area (Å²) in [5.74, 6) is 0.532. The second-order valence-electron chi connectivity index (χ2n) is 2.31. The van der Waals surface area contributed by atoms with Gasteiger partial charge in [-0.15, -0.1) is 0 Å². The van der Waals surface area contributed by atoms with Gasteiger partial charge < -0.3 is 11.5 Å². The van der Waals surface area contributed by atoms with E-state index in [4.69, 9.17) is 11.5 Å². The molecule has 0 aromatic carbocycles. The molecule has 54 valence electrons. The van der Waals surface area contributed by atoms with E-state index in [0.717, 1.165) is 5.56 Å². The number of pyridine rings is 1. The van der Waals surface area contributed by atoms with Crippen molar-refractivity contribution in [1.29, 1.82) is 0 Å². The van der Waals surface area contributed by atoms with Crippen LogP contribution in [0.25, 0.3) is 0 Å². The Morgan fingerprint density at radius 2 is 2.20 bits per heavy atom. The van der Waals surface area contributed by atoms with Crippen molar-refractivity contribution < 1.29 is 0 Å². The molecule has 1 unspecified atom stereocenters. The van der Waals surface area contributed by atoms with Gasteiger partial charge in [-0.1, -0.05) is 6.07 Å². The molecule has 0 spiro atoms. The summed E-state index contributed by atoms with van der Waals surface area (Å²) in [4.78, 5) is 3.90. The van der Waals surface area contributed by atoms with E-state index < -0.39 is 0 Å². The molecule has 0 saturated heterocycles. The third-order valence-corrected chi connectivity index (χ3v) is 1.34. The second-order valence-corrected chi connectivity index (χ2v) is 2.31. The van der Waals surface area contributed by atoms with E-state index in [0.29, 0.717) is 5.82 Å². The molecule has 0 amide bonds. The highest BCUT2D eigenvalue weighted by Gasteiger charge is 1.96. The normalized spacial score (nSPS) is 13.0. The minimum Gasteiger partial charge on any atom is -0.384 e. The highest BCUT2D eigenvalue weighted by molar-refractivity contribution is 5.30. The van der Waals surface area contributed by atoms with E-state index in [9.17, 15) is 0 Å². The number of nitrogens with zero attached hydrogens (tertiary/aromatic N) is 1. The first-order valence-electron chi connectivity index (χ1n) is 3.17. The molecule has 0 radical (unpaired) electrons. The third-order valence-electron chi connectivity index (χ3n) is 1.34. The molecule has 0 aliphatic heterocycles. The SMILES string of the molecule is CC(N)c1ccc(N)nc1. The predicted molar refractivity (Wildman–Crippen MR) is 41.3 cm³/mol. The highest BCUT2D eigenvalue weighted by atomic mass is 14.8. The van der Waals surface area contributed by atoms with Gasteiger partial charge in [-0.3, -0.25) is 0 Å². The minimum atomic E-state index is 0.0353. The number of nitrogen functional groups attached to an aromatic ring is 1. The second kappa shape index (κ2) is 2.66. The van der Waals surface area contributed by atoms with Gasteiger partial charge in [0.25, 0.3) is 0 Å². The molecular formula is C7H11N3. The van der Waals surface area contributed by atoms with E-state index in [1.807, 2.05) is 13.0 Å². The fourth-order valence-corrected chi connectivity index (χ4v) is 0.686. The Morgan fingerprint density at radius 1 is 1.50 bits per heavy atom. The van der Waals surface area contributed by atoms with Crippen LogP contribution in [0.15, 0.2) is 18.3 Å². The molecule has 1 heterocycles. The average molecular weight is 137 g/mol. The van der Waals surface area contributed by atoms with Gasteiger partial charge in [-0.25, -0.2) is 4.98 Å². The molecule has 10 heavy (non-hydrogen) atoms. The van der Waals surface area contributed by atoms with Gasteiger partial charge in [0.2, 0.25) is 0 Å². The van der Waals surface area contributed by atoms with E-state index in [2.05, 4.69) is 4.98 Å². The lowest BCUT2D eigenvalue weighted by Gasteiger charge is -2.03. The molecule has 1 aromatic heterocycles. The van der Waals surface area contributed by atoms with Gasteiger partial charge in [0, 0.05) is 12.2 Å². The summed E-state index contributed by atoms with van der Waals surface area (Å²) >= 11 is 0. The van der Waals surface area contributed by atoms with Crippen LogP contribution < -0.4 is 11.5 Å². The smallest absolute Gasteiger partial charge is 0.123 e. The van der Waals surface area contributed by atoms with Crippen LogP contribution in [-0.2, 0) is 0 Å². The van der Waals surface area contributed by atoms with Crippen LogP contribution in [-0.4, -0.2) is 4.98 Å². The van der Waals surface area contributed by atoms with Crippen molar-refractivity contribution in [2.45, 2.75) is 13.0 Å². The average Bonchev–Trinajstić information content (AvgIpc) is 1.88. The van der Waals surface area contributed by atoms with E-state index >= 15 is 0 Å². The van der Waals surface area contributed by atoms with Crippen LogP contribution in [0.2, 0.25) is 0 Å². The number of anilines is 1. The molecule has 1 atom stereocenters. The fourth-order valence-electron chi connectivity index (χ4n) is 0.686. The summed E-state index contributed by atoms with van der Waals surface area (Å²) in [5, 5.41) is 0. The zero-order valence-corrected chi connectivity index (χ0v) is 5.91. The lowest BCUT2D eigenvalue weighted by molar-refractivity contribution is 0.812. The van der Waals surface area contributed by atoms with Crippen LogP contribution in [0.1, 0.15) is 18.5 Å². The molecule has 0 aliphatic rings. The Balaban J connectivity index is 2.89. The maximum absolute atomic E-state index is 5.58. The minimum absolute atomic E-state index is 0.0353. The van der Waals surface area contributed by atoms with Crippen molar-refractivity contribution in [2.24, 2.45) is 5.73 Å². The van der Waals surface area contributed by atoms with E-state index in [1.165, 1.54) is 0 Å². The Hall–Kier alpha value is -1.09. The molecule has 3 heteroatoms. The van der Waals surface area contributed by atoms with Crippen LogP contribution in [0, 0.1) is 0 Å². The van der Waals surface area contributed by atoms with Crippen molar-refractivity contribution in [3.05, 3.63) is 23.9 Å². The van der Waals surface area contributed by atoms with Crippen LogP contribution in [0.5, 0.6) is 0 Å². The van der Waals surface area contributed by atoms with Crippen molar-refractivity contribution in [1.82, 2.24) is 4.98 Å². The molecular weight excluding hydrogens is 126 g/mol. The summed E-state index contributed by atoms with van der Waals surface area (Å²) in [5.41, 5.74) is 12.0. The zero-order valence-electron chi connectivity index (χ0n) is 5.91. The first-order valence-corrected chi connectivity index (χ1v) is 3.17. The summed E-state index contributed by atoms with van der Waals surface area (Å²) < 4.78 is 0. The fraction of sp³-hybridized carbons (Fsp3) is 0.286. The maximum atomic E-state index is 5.58. The lowest BCUT2D eigenvalue weighted by Crippen LogP contribution is -2.05. The first kappa shape index (κ1) is 7.02. The van der Waals surface area contributed by atoms with Gasteiger partial charge in [0.1, 0.15) is 5.82 Å². The molecule has 1 rings (SSSR count).